The quantitative estimate of drug-likeness (QED) is 0.0222. The van der Waals surface area contributed by atoms with Crippen molar-refractivity contribution in [3.63, 3.8) is 0 Å². The minimum Gasteiger partial charge on any atom is -0.462 e. The van der Waals surface area contributed by atoms with E-state index < -0.39 is 97.5 Å². The first-order valence-corrected chi connectivity index (χ1v) is 46.4. The number of aliphatic hydroxyl groups excluding tert-OH is 1. The van der Waals surface area contributed by atoms with Crippen molar-refractivity contribution in [1.29, 1.82) is 0 Å². The van der Waals surface area contributed by atoms with Gasteiger partial charge in [-0.05, 0) is 43.4 Å². The summed E-state index contributed by atoms with van der Waals surface area (Å²) in [6, 6.07) is 0. The molecule has 19 heteroatoms. The fourth-order valence-electron chi connectivity index (χ4n) is 13.0. The number of carbonyl (C=O) groups is 4. The molecule has 612 valence electrons. The summed E-state index contributed by atoms with van der Waals surface area (Å²) in [4.78, 5) is 73.1. The molecule has 0 aliphatic rings. The summed E-state index contributed by atoms with van der Waals surface area (Å²) >= 11 is 0. The van der Waals surface area contributed by atoms with Crippen molar-refractivity contribution in [1.82, 2.24) is 0 Å². The summed E-state index contributed by atoms with van der Waals surface area (Å²) in [5, 5.41) is 10.7. The number of hydrogen-bond donors (Lipinski definition) is 3. The van der Waals surface area contributed by atoms with Crippen molar-refractivity contribution < 1.29 is 80.2 Å². The van der Waals surface area contributed by atoms with Crippen LogP contribution in [-0.4, -0.2) is 96.7 Å². The van der Waals surface area contributed by atoms with Crippen LogP contribution in [-0.2, 0) is 65.4 Å². The average molecular weight is 1510 g/mol. The summed E-state index contributed by atoms with van der Waals surface area (Å²) in [5.41, 5.74) is 0. The van der Waals surface area contributed by atoms with Crippen molar-refractivity contribution in [3.05, 3.63) is 0 Å². The first-order valence-electron chi connectivity index (χ1n) is 43.4. The molecule has 0 aromatic rings. The van der Waals surface area contributed by atoms with Gasteiger partial charge in [0.2, 0.25) is 0 Å². The summed E-state index contributed by atoms with van der Waals surface area (Å²) in [6.07, 6.45) is 63.9. The highest BCUT2D eigenvalue weighted by Crippen LogP contribution is 2.45. The number of hydrogen-bond acceptors (Lipinski definition) is 15. The predicted octanol–water partition coefficient (Wildman–Crippen LogP) is 25.3. The molecule has 0 heterocycles. The van der Waals surface area contributed by atoms with Crippen LogP contribution in [0.25, 0.3) is 0 Å². The zero-order chi connectivity index (χ0) is 75.8. The maximum Gasteiger partial charge on any atom is 0.472 e. The van der Waals surface area contributed by atoms with Gasteiger partial charge in [0.25, 0.3) is 0 Å². The minimum absolute atomic E-state index is 0.106. The maximum absolute atomic E-state index is 13.1. The Morgan fingerprint density at radius 3 is 0.738 bits per heavy atom. The predicted molar refractivity (Wildman–Crippen MR) is 423 cm³/mol. The molecule has 3 N–H and O–H groups in total. The number of esters is 4. The largest absolute Gasteiger partial charge is 0.472 e. The molecule has 0 aromatic carbocycles. The molecule has 0 saturated carbocycles. The molecule has 0 amide bonds. The van der Waals surface area contributed by atoms with Gasteiger partial charge in [-0.3, -0.25) is 37.3 Å². The number of phosphoric ester groups is 2. The van der Waals surface area contributed by atoms with Crippen molar-refractivity contribution in [3.8, 4) is 0 Å². The molecular weight excluding hydrogens is 1340 g/mol. The third-order valence-electron chi connectivity index (χ3n) is 20.0. The minimum atomic E-state index is -4.96. The van der Waals surface area contributed by atoms with Crippen LogP contribution >= 0.6 is 15.6 Å². The Labute approximate surface area is 632 Å². The monoisotopic (exact) mass is 1510 g/mol. The smallest absolute Gasteiger partial charge is 0.462 e. The van der Waals surface area contributed by atoms with E-state index in [9.17, 15) is 43.2 Å². The van der Waals surface area contributed by atoms with Gasteiger partial charge in [-0.25, -0.2) is 9.13 Å². The molecule has 0 bridgehead atoms. The maximum atomic E-state index is 13.1. The molecule has 0 spiro atoms. The van der Waals surface area contributed by atoms with Crippen LogP contribution in [0, 0.1) is 17.8 Å². The number of rotatable bonds is 82. The molecular formula is C84H164O17P2. The second-order valence-electron chi connectivity index (χ2n) is 31.4. The van der Waals surface area contributed by atoms with Crippen LogP contribution in [0.4, 0.5) is 0 Å². The van der Waals surface area contributed by atoms with Gasteiger partial charge in [0.05, 0.1) is 26.4 Å². The number of unbranched alkanes of at least 4 members (excludes halogenated alkanes) is 49. The highest BCUT2D eigenvalue weighted by molar-refractivity contribution is 7.47. The first-order chi connectivity index (χ1) is 49.8. The zero-order valence-corrected chi connectivity index (χ0v) is 69.6. The zero-order valence-electron chi connectivity index (χ0n) is 67.8. The van der Waals surface area contributed by atoms with Crippen LogP contribution in [0.15, 0.2) is 0 Å². The van der Waals surface area contributed by atoms with Gasteiger partial charge in [-0.2, -0.15) is 0 Å². The van der Waals surface area contributed by atoms with E-state index in [2.05, 4.69) is 48.5 Å². The van der Waals surface area contributed by atoms with Crippen LogP contribution in [0.3, 0.4) is 0 Å². The Morgan fingerprint density at radius 1 is 0.282 bits per heavy atom. The normalized spacial score (nSPS) is 14.2. The molecule has 0 aliphatic carbocycles. The van der Waals surface area contributed by atoms with Gasteiger partial charge in [0, 0.05) is 25.7 Å². The van der Waals surface area contributed by atoms with Gasteiger partial charge in [0.1, 0.15) is 19.3 Å². The Bertz CT molecular complexity index is 1990. The van der Waals surface area contributed by atoms with Gasteiger partial charge < -0.3 is 33.8 Å². The average Bonchev–Trinajstić information content (AvgIpc) is 0.912. The first kappa shape index (κ1) is 101. The summed E-state index contributed by atoms with van der Waals surface area (Å²) < 4.78 is 68.8. The summed E-state index contributed by atoms with van der Waals surface area (Å²) in [6.45, 7) is 12.0. The number of carbonyl (C=O) groups excluding carboxylic acids is 4. The standard InChI is InChI=1S/C84H164O17P2/c1-8-10-11-12-13-14-15-16-17-18-19-20-24-27-33-38-43-51-58-65-81(86)94-71-79(100-83(88)67-60-53-44-39-34-28-25-22-21-23-26-31-36-41-48-55-62-75(3)4)73-98-102(90,91)96-69-78(85)70-97-103(92,93)99-74-80(72-95-82(87)66-59-52-47-46-50-57-64-77(7)9-2)101-84(89)68-61-54-45-40-35-30-29-32-37-42-49-56-63-76(5)6/h75-80,85H,8-74H2,1-7H3,(H,90,91)(H,92,93)/t77?,78-,79-,80-/m1/s1. The van der Waals surface area contributed by atoms with E-state index in [1.807, 2.05) is 0 Å². The molecule has 0 aliphatic heterocycles. The van der Waals surface area contributed by atoms with E-state index in [0.717, 1.165) is 114 Å². The molecule has 0 fully saturated rings. The lowest BCUT2D eigenvalue weighted by Crippen LogP contribution is -2.30. The Morgan fingerprint density at radius 2 is 0.495 bits per heavy atom. The SMILES string of the molecule is CCCCCCCCCCCCCCCCCCCCCC(=O)OC[C@H](COP(=O)(O)OC[C@@H](O)COP(=O)(O)OC[C@@H](COC(=O)CCCCCCCCC(C)CC)OC(=O)CCCCCCCCCCCCCCC(C)C)OC(=O)CCCCCCCCCCCCCCCCCCC(C)C. The number of ether oxygens (including phenoxy) is 4. The van der Waals surface area contributed by atoms with E-state index in [0.29, 0.717) is 25.7 Å². The highest BCUT2D eigenvalue weighted by Gasteiger charge is 2.30. The van der Waals surface area contributed by atoms with Crippen LogP contribution in [0.5, 0.6) is 0 Å². The van der Waals surface area contributed by atoms with Crippen molar-refractivity contribution in [2.45, 2.75) is 458 Å². The highest BCUT2D eigenvalue weighted by atomic mass is 31.2. The lowest BCUT2D eigenvalue weighted by atomic mass is 10.00. The van der Waals surface area contributed by atoms with Gasteiger partial charge in [-0.1, -0.05) is 389 Å². The fourth-order valence-corrected chi connectivity index (χ4v) is 14.6. The molecule has 0 radical (unpaired) electrons. The van der Waals surface area contributed by atoms with Crippen LogP contribution < -0.4 is 0 Å². The molecule has 0 aromatic heterocycles. The third kappa shape index (κ3) is 76.6. The lowest BCUT2D eigenvalue weighted by Gasteiger charge is -2.21. The molecule has 6 atom stereocenters. The van der Waals surface area contributed by atoms with E-state index in [1.54, 1.807) is 0 Å². The van der Waals surface area contributed by atoms with Gasteiger partial charge >= 0.3 is 39.5 Å². The van der Waals surface area contributed by atoms with Crippen LogP contribution in [0.2, 0.25) is 0 Å². The number of phosphoric acid groups is 2. The summed E-state index contributed by atoms with van der Waals surface area (Å²) in [5.74, 6) is 0.208. The van der Waals surface area contributed by atoms with Gasteiger partial charge in [-0.15, -0.1) is 0 Å². The Hall–Kier alpha value is -1.94. The van der Waals surface area contributed by atoms with E-state index in [-0.39, 0.29) is 25.7 Å². The molecule has 103 heavy (non-hydrogen) atoms. The lowest BCUT2D eigenvalue weighted by molar-refractivity contribution is -0.161. The summed E-state index contributed by atoms with van der Waals surface area (Å²) in [7, 11) is -9.93. The Kier molecular flexibility index (Phi) is 72.8. The second kappa shape index (κ2) is 74.2. The van der Waals surface area contributed by atoms with Crippen molar-refractivity contribution in [2.75, 3.05) is 39.6 Å². The van der Waals surface area contributed by atoms with Crippen molar-refractivity contribution in [2.24, 2.45) is 17.8 Å². The molecule has 3 unspecified atom stereocenters. The topological polar surface area (TPSA) is 237 Å². The molecule has 0 saturated heterocycles. The van der Waals surface area contributed by atoms with E-state index in [1.165, 1.54) is 244 Å². The van der Waals surface area contributed by atoms with Gasteiger partial charge in [0.15, 0.2) is 12.2 Å². The third-order valence-corrected chi connectivity index (χ3v) is 21.9. The number of aliphatic hydroxyl groups is 1. The Balaban J connectivity index is 5.24. The van der Waals surface area contributed by atoms with Crippen molar-refractivity contribution >= 4 is 39.5 Å². The molecule has 0 rings (SSSR count). The van der Waals surface area contributed by atoms with E-state index >= 15 is 0 Å². The van der Waals surface area contributed by atoms with E-state index in [4.69, 9.17) is 37.0 Å². The fraction of sp³-hybridized carbons (Fsp3) is 0.952. The second-order valence-corrected chi connectivity index (χ2v) is 34.3. The molecule has 17 nitrogen and oxygen atoms in total. The van der Waals surface area contributed by atoms with Crippen LogP contribution in [0.1, 0.15) is 440 Å².